The first-order valence-corrected chi connectivity index (χ1v) is 12.5. The number of amides is 1. The molecule has 1 atom stereocenters. The Bertz CT molecular complexity index is 1220. The first-order chi connectivity index (χ1) is 15.9. The van der Waals surface area contributed by atoms with Crippen LogP contribution in [-0.2, 0) is 32.6 Å². The van der Waals surface area contributed by atoms with Crippen LogP contribution in [0.5, 0.6) is 0 Å². The van der Waals surface area contributed by atoms with E-state index in [0.29, 0.717) is 44.6 Å². The van der Waals surface area contributed by atoms with Crippen molar-refractivity contribution in [2.75, 3.05) is 20.3 Å². The lowest BCUT2D eigenvalue weighted by Crippen LogP contribution is -2.45. The number of fused-ring (bicyclic) bond motifs is 1. The van der Waals surface area contributed by atoms with Crippen molar-refractivity contribution in [3.63, 3.8) is 0 Å². The maximum Gasteiger partial charge on any atom is 0.243 e. The smallest absolute Gasteiger partial charge is 0.243 e. The van der Waals surface area contributed by atoms with Crippen molar-refractivity contribution in [2.24, 2.45) is 0 Å². The maximum atomic E-state index is 13.4. The van der Waals surface area contributed by atoms with Crippen LogP contribution in [0.25, 0.3) is 11.0 Å². The Balaban J connectivity index is 1.48. The highest BCUT2D eigenvalue weighted by Gasteiger charge is 2.39. The Morgan fingerprint density at radius 1 is 1.21 bits per heavy atom. The van der Waals surface area contributed by atoms with Crippen molar-refractivity contribution in [1.29, 1.82) is 0 Å². The van der Waals surface area contributed by atoms with Crippen LogP contribution >= 0.6 is 0 Å². The molecule has 1 N–H and O–H groups in total. The lowest BCUT2D eigenvalue weighted by molar-refractivity contribution is -0.124. The molecule has 1 aromatic heterocycles. The summed E-state index contributed by atoms with van der Waals surface area (Å²) in [4.78, 5) is 13.0. The van der Waals surface area contributed by atoms with E-state index in [1.165, 1.54) is 10.4 Å². The van der Waals surface area contributed by atoms with Gasteiger partial charge in [0.1, 0.15) is 11.6 Å². The molecular weight excluding hydrogens is 442 g/mol. The molecular formula is C23H29N5O4S. The fourth-order valence-corrected chi connectivity index (χ4v) is 5.75. The minimum Gasteiger partial charge on any atom is -0.385 e. The van der Waals surface area contributed by atoms with Crippen LogP contribution < -0.4 is 5.32 Å². The number of sulfonamides is 1. The van der Waals surface area contributed by atoms with Crippen molar-refractivity contribution in [3.8, 4) is 0 Å². The van der Waals surface area contributed by atoms with Gasteiger partial charge >= 0.3 is 0 Å². The van der Waals surface area contributed by atoms with Gasteiger partial charge in [-0.1, -0.05) is 35.0 Å². The second-order valence-electron chi connectivity index (χ2n) is 8.29. The number of rotatable bonds is 9. The number of benzene rings is 2. The summed E-state index contributed by atoms with van der Waals surface area (Å²) in [5.74, 6) is -0.276. The van der Waals surface area contributed by atoms with Crippen LogP contribution in [0.2, 0.25) is 0 Å². The maximum absolute atomic E-state index is 13.4. The van der Waals surface area contributed by atoms with Gasteiger partial charge in [-0.2, -0.15) is 4.31 Å². The molecule has 1 aliphatic heterocycles. The molecule has 33 heavy (non-hydrogen) atoms. The molecule has 3 aromatic rings. The number of methoxy groups -OCH3 is 1. The van der Waals surface area contributed by atoms with Crippen molar-refractivity contribution in [2.45, 2.75) is 50.2 Å². The summed E-state index contributed by atoms with van der Waals surface area (Å²) in [7, 11) is -2.21. The van der Waals surface area contributed by atoms with Gasteiger partial charge in [0.05, 0.1) is 10.4 Å². The Kier molecular flexibility index (Phi) is 7.06. The van der Waals surface area contributed by atoms with Crippen LogP contribution in [0.3, 0.4) is 0 Å². The second kappa shape index (κ2) is 9.98. The molecule has 1 amide bonds. The molecule has 1 saturated heterocycles. The van der Waals surface area contributed by atoms with Crippen molar-refractivity contribution in [3.05, 3.63) is 53.6 Å². The zero-order valence-electron chi connectivity index (χ0n) is 18.9. The standard InChI is InChI=1S/C23H29N5O4S/c1-17-6-8-18(9-7-17)16-24-23(29)22-5-3-13-28(22)33(30,31)19-10-11-21-20(15-19)25-26-27(21)12-4-14-32-2/h6-11,15,22H,3-5,12-14,16H2,1-2H3,(H,24,29)/t22-/m0/s1. The minimum absolute atomic E-state index is 0.122. The molecule has 1 aliphatic rings. The number of carbonyl (C=O) groups is 1. The summed E-state index contributed by atoms with van der Waals surface area (Å²) in [5.41, 5.74) is 3.39. The summed E-state index contributed by atoms with van der Waals surface area (Å²) in [5, 5.41) is 11.1. The van der Waals surface area contributed by atoms with Crippen LogP contribution in [0.1, 0.15) is 30.4 Å². The largest absolute Gasteiger partial charge is 0.385 e. The van der Waals surface area contributed by atoms with Crippen LogP contribution in [0.15, 0.2) is 47.4 Å². The number of nitrogens with one attached hydrogen (secondary N) is 1. The lowest BCUT2D eigenvalue weighted by Gasteiger charge is -2.23. The van der Waals surface area contributed by atoms with E-state index in [4.69, 9.17) is 4.74 Å². The van der Waals surface area contributed by atoms with Crippen LogP contribution in [-0.4, -0.2) is 59.9 Å². The van der Waals surface area contributed by atoms with Gasteiger partial charge in [-0.15, -0.1) is 5.10 Å². The van der Waals surface area contributed by atoms with Gasteiger partial charge in [0.2, 0.25) is 15.9 Å². The predicted molar refractivity (Wildman–Crippen MR) is 124 cm³/mol. The van der Waals surface area contributed by atoms with Crippen molar-refractivity contribution >= 4 is 27.0 Å². The summed E-state index contributed by atoms with van der Waals surface area (Å²) >= 11 is 0. The zero-order valence-corrected chi connectivity index (χ0v) is 19.7. The van der Waals surface area contributed by atoms with Gasteiger partial charge in [0.25, 0.3) is 0 Å². The molecule has 1 fully saturated rings. The van der Waals surface area contributed by atoms with E-state index >= 15 is 0 Å². The van der Waals surface area contributed by atoms with Crippen molar-refractivity contribution < 1.29 is 17.9 Å². The summed E-state index contributed by atoms with van der Waals surface area (Å²) in [6.45, 7) is 3.92. The Morgan fingerprint density at radius 3 is 2.76 bits per heavy atom. The molecule has 0 radical (unpaired) electrons. The number of aryl methyl sites for hydroxylation is 2. The van der Waals surface area contributed by atoms with E-state index in [0.717, 1.165) is 23.1 Å². The van der Waals surface area contributed by atoms with Gasteiger partial charge in [0, 0.05) is 33.4 Å². The highest BCUT2D eigenvalue weighted by atomic mass is 32.2. The van der Waals surface area contributed by atoms with E-state index in [9.17, 15) is 13.2 Å². The third-order valence-corrected chi connectivity index (χ3v) is 7.81. The fourth-order valence-electron chi connectivity index (χ4n) is 4.07. The van der Waals surface area contributed by atoms with E-state index < -0.39 is 16.1 Å². The van der Waals surface area contributed by atoms with Gasteiger partial charge in [-0.25, -0.2) is 13.1 Å². The van der Waals surface area contributed by atoms with Crippen LogP contribution in [0, 0.1) is 6.92 Å². The number of carbonyl (C=O) groups excluding carboxylic acids is 1. The molecule has 2 aromatic carbocycles. The molecule has 2 heterocycles. The molecule has 0 bridgehead atoms. The molecule has 0 unspecified atom stereocenters. The Hall–Kier alpha value is -2.82. The third kappa shape index (κ3) is 5.07. The van der Waals surface area contributed by atoms with Gasteiger partial charge in [-0.3, -0.25) is 4.79 Å². The van der Waals surface area contributed by atoms with Gasteiger partial charge < -0.3 is 10.1 Å². The molecule has 0 saturated carbocycles. The molecule has 176 valence electrons. The SMILES string of the molecule is COCCCn1nnc2cc(S(=O)(=O)N3CCC[C@H]3C(=O)NCc3ccc(C)cc3)ccc21. The molecule has 0 aliphatic carbocycles. The summed E-state index contributed by atoms with van der Waals surface area (Å²) in [6, 6.07) is 12.0. The second-order valence-corrected chi connectivity index (χ2v) is 10.2. The monoisotopic (exact) mass is 471 g/mol. The zero-order chi connectivity index (χ0) is 23.4. The normalized spacial score (nSPS) is 17.0. The summed E-state index contributed by atoms with van der Waals surface area (Å²) in [6.07, 6.45) is 1.92. The Labute approximate surface area is 193 Å². The molecule has 0 spiro atoms. The quantitative estimate of drug-likeness (QED) is 0.480. The van der Waals surface area contributed by atoms with Crippen molar-refractivity contribution in [1.82, 2.24) is 24.6 Å². The fraction of sp³-hybridized carbons (Fsp3) is 0.435. The number of hydrogen-bond donors (Lipinski definition) is 1. The average molecular weight is 472 g/mol. The Morgan fingerprint density at radius 2 is 2.00 bits per heavy atom. The first kappa shape index (κ1) is 23.3. The number of aromatic nitrogens is 3. The summed E-state index contributed by atoms with van der Waals surface area (Å²) < 4.78 is 34.9. The van der Waals surface area contributed by atoms with Crippen LogP contribution in [0.4, 0.5) is 0 Å². The van der Waals surface area contributed by atoms with Gasteiger partial charge in [0.15, 0.2) is 0 Å². The van der Waals surface area contributed by atoms with E-state index in [1.54, 1.807) is 23.9 Å². The topological polar surface area (TPSA) is 106 Å². The predicted octanol–water partition coefficient (Wildman–Crippen LogP) is 2.25. The number of hydrogen-bond acceptors (Lipinski definition) is 6. The number of ether oxygens (including phenoxy) is 1. The molecule has 4 rings (SSSR count). The van der Waals surface area contributed by atoms with Gasteiger partial charge in [-0.05, 0) is 49.9 Å². The third-order valence-electron chi connectivity index (χ3n) is 5.90. The van der Waals surface area contributed by atoms with E-state index in [1.807, 2.05) is 31.2 Å². The number of nitrogens with zero attached hydrogens (tertiary/aromatic N) is 4. The lowest BCUT2D eigenvalue weighted by atomic mass is 10.1. The highest BCUT2D eigenvalue weighted by Crippen LogP contribution is 2.28. The first-order valence-electron chi connectivity index (χ1n) is 11.1. The van der Waals surface area contributed by atoms with E-state index in [-0.39, 0.29) is 10.8 Å². The molecule has 10 heteroatoms. The minimum atomic E-state index is -3.85. The molecule has 9 nitrogen and oxygen atoms in total. The average Bonchev–Trinajstić information content (AvgIpc) is 3.46. The highest BCUT2D eigenvalue weighted by molar-refractivity contribution is 7.89. The van der Waals surface area contributed by atoms with E-state index in [2.05, 4.69) is 15.6 Å².